The van der Waals surface area contributed by atoms with Crippen molar-refractivity contribution in [1.82, 2.24) is 20.2 Å². The SMILES string of the molecule is Nn1c(COc2ccc(F)cc2)nnc1SCC(=O)NCCCc1ccccc1. The summed E-state index contributed by atoms with van der Waals surface area (Å²) in [5.74, 6) is 6.63. The molecule has 1 heterocycles. The normalized spacial score (nSPS) is 10.7. The molecular weight excluding hydrogens is 393 g/mol. The fourth-order valence-corrected chi connectivity index (χ4v) is 3.23. The van der Waals surface area contributed by atoms with Gasteiger partial charge in [0.1, 0.15) is 18.2 Å². The molecule has 0 radical (unpaired) electrons. The third-order valence-electron chi connectivity index (χ3n) is 4.06. The van der Waals surface area contributed by atoms with Crippen molar-refractivity contribution >= 4 is 17.7 Å². The molecule has 0 aliphatic rings. The molecule has 3 rings (SSSR count). The Bertz CT molecular complexity index is 918. The monoisotopic (exact) mass is 415 g/mol. The van der Waals surface area contributed by atoms with Gasteiger partial charge < -0.3 is 15.9 Å². The minimum absolute atomic E-state index is 0.0847. The van der Waals surface area contributed by atoms with Crippen molar-refractivity contribution in [3.05, 3.63) is 71.8 Å². The maximum atomic E-state index is 12.9. The summed E-state index contributed by atoms with van der Waals surface area (Å²) in [5.41, 5.74) is 1.25. The Labute approximate surface area is 172 Å². The van der Waals surface area contributed by atoms with Crippen molar-refractivity contribution < 1.29 is 13.9 Å². The zero-order chi connectivity index (χ0) is 20.5. The summed E-state index contributed by atoms with van der Waals surface area (Å²) in [6.07, 6.45) is 1.79. The third-order valence-corrected chi connectivity index (χ3v) is 5.00. The number of nitrogens with two attached hydrogens (primary N) is 1. The number of thioether (sulfide) groups is 1. The maximum absolute atomic E-state index is 12.9. The van der Waals surface area contributed by atoms with E-state index >= 15 is 0 Å². The topological polar surface area (TPSA) is 95.1 Å². The van der Waals surface area contributed by atoms with Crippen LogP contribution < -0.4 is 15.9 Å². The fraction of sp³-hybridized carbons (Fsp3) is 0.250. The first-order valence-corrected chi connectivity index (χ1v) is 10.1. The van der Waals surface area contributed by atoms with Gasteiger partial charge in [-0.05, 0) is 42.7 Å². The second kappa shape index (κ2) is 10.5. The van der Waals surface area contributed by atoms with Crippen molar-refractivity contribution in [2.75, 3.05) is 18.1 Å². The van der Waals surface area contributed by atoms with Gasteiger partial charge in [-0.1, -0.05) is 42.1 Å². The van der Waals surface area contributed by atoms with Crippen LogP contribution in [0.5, 0.6) is 5.75 Å². The van der Waals surface area contributed by atoms with Gasteiger partial charge in [-0.2, -0.15) is 0 Å². The van der Waals surface area contributed by atoms with Crippen LogP contribution in [0.3, 0.4) is 0 Å². The van der Waals surface area contributed by atoms with Crippen LogP contribution in [0.25, 0.3) is 0 Å². The summed E-state index contributed by atoms with van der Waals surface area (Å²) in [6, 6.07) is 15.8. The standard InChI is InChI=1S/C20H22FN5O2S/c21-16-8-10-17(11-9-16)28-13-18-24-25-20(26(18)22)29-14-19(27)23-12-4-7-15-5-2-1-3-6-15/h1-3,5-6,8-11H,4,7,12-14,22H2,(H,23,27). The van der Waals surface area contributed by atoms with Crippen LogP contribution in [-0.2, 0) is 17.8 Å². The molecule has 29 heavy (non-hydrogen) atoms. The zero-order valence-corrected chi connectivity index (χ0v) is 16.6. The molecule has 0 aliphatic carbocycles. The average molecular weight is 415 g/mol. The third kappa shape index (κ3) is 6.49. The number of carbonyl (C=O) groups is 1. The van der Waals surface area contributed by atoms with E-state index in [1.165, 1.54) is 46.3 Å². The second-order valence-corrected chi connectivity index (χ2v) is 7.18. The Morgan fingerprint density at radius 1 is 1.14 bits per heavy atom. The molecule has 0 atom stereocenters. The number of aromatic nitrogens is 3. The van der Waals surface area contributed by atoms with Crippen LogP contribution in [-0.4, -0.2) is 33.1 Å². The molecule has 7 nitrogen and oxygen atoms in total. The molecule has 0 aliphatic heterocycles. The predicted molar refractivity (Wildman–Crippen MR) is 109 cm³/mol. The van der Waals surface area contributed by atoms with Crippen LogP contribution >= 0.6 is 11.8 Å². The highest BCUT2D eigenvalue weighted by molar-refractivity contribution is 7.99. The lowest BCUT2D eigenvalue weighted by Crippen LogP contribution is -2.26. The van der Waals surface area contributed by atoms with Gasteiger partial charge in [0.15, 0.2) is 5.82 Å². The van der Waals surface area contributed by atoms with Crippen molar-refractivity contribution in [3.63, 3.8) is 0 Å². The molecule has 1 amide bonds. The van der Waals surface area contributed by atoms with Gasteiger partial charge >= 0.3 is 0 Å². The van der Waals surface area contributed by atoms with Gasteiger partial charge in [0.05, 0.1) is 5.75 Å². The van der Waals surface area contributed by atoms with Crippen LogP contribution in [0.4, 0.5) is 4.39 Å². The first-order valence-electron chi connectivity index (χ1n) is 9.13. The summed E-state index contributed by atoms with van der Waals surface area (Å²) >= 11 is 1.20. The number of nitrogens with zero attached hydrogens (tertiary/aromatic N) is 3. The Morgan fingerprint density at radius 3 is 2.66 bits per heavy atom. The largest absolute Gasteiger partial charge is 0.486 e. The molecule has 0 unspecified atom stereocenters. The van der Waals surface area contributed by atoms with E-state index in [4.69, 9.17) is 10.6 Å². The fourth-order valence-electron chi connectivity index (χ4n) is 2.53. The van der Waals surface area contributed by atoms with Crippen molar-refractivity contribution in [1.29, 1.82) is 0 Å². The van der Waals surface area contributed by atoms with Crippen molar-refractivity contribution in [3.8, 4) is 5.75 Å². The van der Waals surface area contributed by atoms with E-state index in [9.17, 15) is 9.18 Å². The quantitative estimate of drug-likeness (QED) is 0.300. The van der Waals surface area contributed by atoms with E-state index in [2.05, 4.69) is 27.6 Å². The van der Waals surface area contributed by atoms with Gasteiger partial charge in [-0.15, -0.1) is 10.2 Å². The lowest BCUT2D eigenvalue weighted by molar-refractivity contribution is -0.118. The Kier molecular flexibility index (Phi) is 7.46. The van der Waals surface area contributed by atoms with E-state index in [1.807, 2.05) is 18.2 Å². The first kappa shape index (κ1) is 20.7. The number of hydrogen-bond donors (Lipinski definition) is 2. The summed E-state index contributed by atoms with van der Waals surface area (Å²) in [4.78, 5) is 12.0. The summed E-state index contributed by atoms with van der Waals surface area (Å²) in [7, 11) is 0. The van der Waals surface area contributed by atoms with Crippen LogP contribution in [0, 0.1) is 5.82 Å². The molecule has 2 aromatic carbocycles. The van der Waals surface area contributed by atoms with Gasteiger partial charge in [-0.25, -0.2) is 9.07 Å². The maximum Gasteiger partial charge on any atom is 0.230 e. The van der Waals surface area contributed by atoms with E-state index in [0.29, 0.717) is 23.3 Å². The Balaban J connectivity index is 1.37. The number of ether oxygens (including phenoxy) is 1. The van der Waals surface area contributed by atoms with E-state index in [1.54, 1.807) is 0 Å². The highest BCUT2D eigenvalue weighted by Gasteiger charge is 2.13. The minimum Gasteiger partial charge on any atom is -0.486 e. The molecule has 0 bridgehead atoms. The number of carbonyl (C=O) groups excluding carboxylic acids is 1. The van der Waals surface area contributed by atoms with E-state index in [0.717, 1.165) is 12.8 Å². The number of nitrogens with one attached hydrogen (secondary N) is 1. The first-order chi connectivity index (χ1) is 14.1. The molecule has 0 spiro atoms. The smallest absolute Gasteiger partial charge is 0.230 e. The molecule has 152 valence electrons. The molecule has 3 N–H and O–H groups in total. The minimum atomic E-state index is -0.337. The molecular formula is C20H22FN5O2S. The van der Waals surface area contributed by atoms with Crippen LogP contribution in [0.2, 0.25) is 0 Å². The molecule has 0 saturated heterocycles. The van der Waals surface area contributed by atoms with Gasteiger partial charge in [0.2, 0.25) is 11.1 Å². The predicted octanol–water partition coefficient (Wildman–Crippen LogP) is 2.55. The molecule has 0 saturated carbocycles. The second-order valence-electron chi connectivity index (χ2n) is 6.24. The molecule has 0 fully saturated rings. The summed E-state index contributed by atoms with van der Waals surface area (Å²) < 4.78 is 19.7. The highest BCUT2D eigenvalue weighted by atomic mass is 32.2. The van der Waals surface area contributed by atoms with Crippen molar-refractivity contribution in [2.45, 2.75) is 24.6 Å². The zero-order valence-electron chi connectivity index (χ0n) is 15.8. The number of nitrogen functional groups attached to an aromatic ring is 1. The summed E-state index contributed by atoms with van der Waals surface area (Å²) in [5, 5.41) is 11.3. The van der Waals surface area contributed by atoms with Crippen LogP contribution in [0.1, 0.15) is 17.8 Å². The molecule has 9 heteroatoms. The number of hydrogen-bond acceptors (Lipinski definition) is 6. The Hall–Kier alpha value is -3.07. The van der Waals surface area contributed by atoms with Gasteiger partial charge in [-0.3, -0.25) is 4.79 Å². The average Bonchev–Trinajstić information content (AvgIpc) is 3.09. The lowest BCUT2D eigenvalue weighted by Gasteiger charge is -2.07. The van der Waals surface area contributed by atoms with E-state index in [-0.39, 0.29) is 24.1 Å². The van der Waals surface area contributed by atoms with E-state index < -0.39 is 0 Å². The highest BCUT2D eigenvalue weighted by Crippen LogP contribution is 2.16. The van der Waals surface area contributed by atoms with Crippen molar-refractivity contribution in [2.24, 2.45) is 0 Å². The Morgan fingerprint density at radius 2 is 1.90 bits per heavy atom. The lowest BCUT2D eigenvalue weighted by atomic mass is 10.1. The molecule has 3 aromatic rings. The van der Waals surface area contributed by atoms with Gasteiger partial charge in [0.25, 0.3) is 0 Å². The number of halogens is 1. The summed E-state index contributed by atoms with van der Waals surface area (Å²) in [6.45, 7) is 0.696. The number of amides is 1. The number of rotatable bonds is 10. The van der Waals surface area contributed by atoms with Gasteiger partial charge in [0, 0.05) is 6.54 Å². The number of aryl methyl sites for hydroxylation is 1. The van der Waals surface area contributed by atoms with Crippen LogP contribution in [0.15, 0.2) is 59.8 Å². The number of benzene rings is 2. The molecule has 1 aromatic heterocycles.